The van der Waals surface area contributed by atoms with E-state index in [1.54, 1.807) is 0 Å². The molecule has 1 atom stereocenters. The fourth-order valence-corrected chi connectivity index (χ4v) is 5.31. The molecule has 0 fully saturated rings. The molecule has 0 bridgehead atoms. The van der Waals surface area contributed by atoms with Crippen LogP contribution in [0.3, 0.4) is 0 Å². The van der Waals surface area contributed by atoms with Crippen molar-refractivity contribution in [2.24, 2.45) is 5.41 Å². The van der Waals surface area contributed by atoms with E-state index in [1.165, 1.54) is 0 Å². The fraction of sp³-hybridized carbons (Fsp3) is 0.913. The first kappa shape index (κ1) is 38.4. The second-order valence-corrected chi connectivity index (χ2v) is 10.7. The number of carbonyl (C=O) groups is 2. The van der Waals surface area contributed by atoms with Crippen LogP contribution in [0.15, 0.2) is 0 Å². The minimum absolute atomic E-state index is 0. The van der Waals surface area contributed by atoms with Crippen LogP contribution in [0.25, 0.3) is 0 Å². The Bertz CT molecular complexity index is 623. The monoisotopic (exact) mass is 508 g/mol. The summed E-state index contributed by atoms with van der Waals surface area (Å²) in [6.45, 7) is 4.96. The number of carboxylic acids is 2. The van der Waals surface area contributed by atoms with E-state index in [2.05, 4.69) is 13.8 Å². The molecule has 0 saturated heterocycles. The molecule has 0 aromatic carbocycles. The van der Waals surface area contributed by atoms with Gasteiger partial charge in [-0.3, -0.25) is 4.55 Å². The van der Waals surface area contributed by atoms with Crippen LogP contribution in [-0.4, -0.2) is 29.7 Å². The Morgan fingerprint density at radius 3 is 1.21 bits per heavy atom. The minimum Gasteiger partial charge on any atom is -0.549 e. The van der Waals surface area contributed by atoms with Crippen molar-refractivity contribution in [3.05, 3.63) is 0 Å². The molecule has 0 spiro atoms. The van der Waals surface area contributed by atoms with E-state index in [1.807, 2.05) is 0 Å². The Kier molecular flexibility index (Phi) is 23.2. The molecule has 0 rings (SSSR count). The Morgan fingerprint density at radius 2 is 0.970 bits per heavy atom. The van der Waals surface area contributed by atoms with Gasteiger partial charge < -0.3 is 19.8 Å². The predicted molar refractivity (Wildman–Crippen MR) is 118 cm³/mol. The molecule has 0 radical (unpaired) electrons. The van der Waals surface area contributed by atoms with Gasteiger partial charge in [-0.2, -0.15) is 8.42 Å². The minimum atomic E-state index is -5.26. The van der Waals surface area contributed by atoms with Crippen molar-refractivity contribution in [2.45, 2.75) is 128 Å². The first-order valence-electron chi connectivity index (χ1n) is 11.9. The van der Waals surface area contributed by atoms with Crippen LogP contribution in [0.5, 0.6) is 0 Å². The molecule has 1 unspecified atom stereocenters. The summed E-state index contributed by atoms with van der Waals surface area (Å²) in [6, 6.07) is 0. The zero-order valence-corrected chi connectivity index (χ0v) is 26.4. The smallest absolute Gasteiger partial charge is 0.549 e. The van der Waals surface area contributed by atoms with Gasteiger partial charge in [0, 0.05) is 11.4 Å². The second-order valence-electron chi connectivity index (χ2n) is 8.91. The fourth-order valence-electron chi connectivity index (χ4n) is 4.32. The van der Waals surface area contributed by atoms with E-state index in [4.69, 9.17) is 0 Å². The summed E-state index contributed by atoms with van der Waals surface area (Å²) in [6.07, 6.45) is 11.9. The van der Waals surface area contributed by atoms with Crippen LogP contribution >= 0.6 is 0 Å². The third-order valence-electron chi connectivity index (χ3n) is 6.62. The van der Waals surface area contributed by atoms with Gasteiger partial charge in [0.2, 0.25) is 0 Å². The number of aliphatic carboxylic acids is 2. The topological polar surface area (TPSA) is 135 Å². The molecule has 33 heavy (non-hydrogen) atoms. The van der Waals surface area contributed by atoms with E-state index in [9.17, 15) is 32.8 Å². The second kappa shape index (κ2) is 20.0. The molecule has 0 aliphatic heterocycles. The van der Waals surface area contributed by atoms with Crippen molar-refractivity contribution in [1.29, 1.82) is 0 Å². The van der Waals surface area contributed by atoms with Crippen LogP contribution in [0, 0.1) is 5.41 Å². The maximum atomic E-state index is 12.3. The average Bonchev–Trinajstić information content (AvgIpc) is 2.69. The molecule has 0 aromatic heterocycles. The van der Waals surface area contributed by atoms with Gasteiger partial charge in [-0.15, -0.1) is 0 Å². The van der Waals surface area contributed by atoms with Crippen LogP contribution in [0.2, 0.25) is 0 Å². The zero-order valence-electron chi connectivity index (χ0n) is 21.6. The number of carboxylic acid groups (broad SMARTS) is 2. The van der Waals surface area contributed by atoms with Gasteiger partial charge in [-0.25, -0.2) is 0 Å². The van der Waals surface area contributed by atoms with E-state index in [0.29, 0.717) is 25.7 Å². The van der Waals surface area contributed by atoms with Crippen molar-refractivity contribution >= 4 is 22.1 Å². The molecule has 0 saturated carbocycles. The first-order chi connectivity index (χ1) is 14.5. The zero-order chi connectivity index (χ0) is 24.0. The number of rotatable bonds is 20. The standard InChI is InChI=1S/C23H44O7S.2Na/c1-4-6-8-10-12-14-16-18-23(21(26)27,19-17-15-13-11-9-7-5-2)22(3,20(24)25)31(28,29)30;;/h4-19H2,1-3H3,(H,24,25)(H,26,27)(H,28,29,30);;/q;2*+1/p-2. The summed E-state index contributed by atoms with van der Waals surface area (Å²) >= 11 is 0. The van der Waals surface area contributed by atoms with Gasteiger partial charge in [0.25, 0.3) is 10.1 Å². The predicted octanol–water partition coefficient (Wildman–Crippen LogP) is -2.59. The summed E-state index contributed by atoms with van der Waals surface area (Å²) in [7, 11) is -5.26. The Balaban J connectivity index is -0.00000450. The summed E-state index contributed by atoms with van der Waals surface area (Å²) < 4.78 is 31.0. The third-order valence-corrected chi connectivity index (χ3v) is 8.21. The normalized spacial score (nSPS) is 13.5. The van der Waals surface area contributed by atoms with Crippen molar-refractivity contribution in [1.82, 2.24) is 0 Å². The van der Waals surface area contributed by atoms with Gasteiger partial charge in [-0.1, -0.05) is 104 Å². The molecule has 10 heteroatoms. The van der Waals surface area contributed by atoms with Gasteiger partial charge >= 0.3 is 59.1 Å². The maximum Gasteiger partial charge on any atom is 1.00 e. The van der Waals surface area contributed by atoms with Crippen molar-refractivity contribution < 1.29 is 91.9 Å². The summed E-state index contributed by atoms with van der Waals surface area (Å²) in [5.74, 6) is -3.86. The number of hydrogen-bond acceptors (Lipinski definition) is 6. The van der Waals surface area contributed by atoms with Crippen LogP contribution < -0.4 is 69.3 Å². The number of hydrogen-bond donors (Lipinski definition) is 1. The van der Waals surface area contributed by atoms with Crippen molar-refractivity contribution in [2.75, 3.05) is 0 Å². The quantitative estimate of drug-likeness (QED) is 0.108. The summed E-state index contributed by atoms with van der Waals surface area (Å²) in [5, 5.41) is 24.1. The summed E-state index contributed by atoms with van der Waals surface area (Å²) in [4.78, 5) is 24.1. The molecule has 184 valence electrons. The van der Waals surface area contributed by atoms with Crippen LogP contribution in [0.4, 0.5) is 0 Å². The molecular formula is C23H42Na2O7S. The van der Waals surface area contributed by atoms with E-state index in [0.717, 1.165) is 71.1 Å². The summed E-state index contributed by atoms with van der Waals surface area (Å²) in [5.41, 5.74) is -2.24. The van der Waals surface area contributed by atoms with Crippen LogP contribution in [-0.2, 0) is 19.7 Å². The number of carbonyl (C=O) groups excluding carboxylic acids is 2. The molecule has 0 aromatic rings. The molecule has 0 heterocycles. The largest absolute Gasteiger partial charge is 1.00 e. The molecule has 0 amide bonds. The van der Waals surface area contributed by atoms with E-state index in [-0.39, 0.29) is 72.0 Å². The van der Waals surface area contributed by atoms with Gasteiger partial charge in [0.05, 0.1) is 5.97 Å². The molecule has 0 aliphatic rings. The Hall–Kier alpha value is 0.850. The maximum absolute atomic E-state index is 12.3. The number of unbranched alkanes of at least 4 members (excludes halogenated alkanes) is 12. The molecule has 0 aliphatic carbocycles. The average molecular weight is 509 g/mol. The molecule has 1 N–H and O–H groups in total. The molecular weight excluding hydrogens is 466 g/mol. The van der Waals surface area contributed by atoms with Crippen molar-refractivity contribution in [3.63, 3.8) is 0 Å². The third kappa shape index (κ3) is 12.1. The van der Waals surface area contributed by atoms with E-state index >= 15 is 0 Å². The van der Waals surface area contributed by atoms with E-state index < -0.39 is 32.2 Å². The SMILES string of the molecule is CCCCCCCCCC(CCCCCCCCC)(C(=O)[O-])C(C)(C(=O)[O-])S(=O)(=O)O.[Na+].[Na+]. The molecule has 7 nitrogen and oxygen atoms in total. The Labute approximate surface area is 245 Å². The van der Waals surface area contributed by atoms with Crippen LogP contribution in [0.1, 0.15) is 124 Å². The first-order valence-corrected chi connectivity index (χ1v) is 13.3. The van der Waals surface area contributed by atoms with Gasteiger partial charge in [-0.05, 0) is 19.8 Å². The van der Waals surface area contributed by atoms with Gasteiger partial charge in [0.15, 0.2) is 0 Å². The van der Waals surface area contributed by atoms with Crippen molar-refractivity contribution in [3.8, 4) is 0 Å². The van der Waals surface area contributed by atoms with Gasteiger partial charge in [0.1, 0.15) is 4.75 Å². The Morgan fingerprint density at radius 1 is 0.667 bits per heavy atom.